The number of unbranched alkanes of at least 4 members (excludes halogenated alkanes) is 30. The Morgan fingerprint density at radius 1 is 0.259 bits per heavy atom. The molecule has 0 aromatic heterocycles. The van der Waals surface area contributed by atoms with Gasteiger partial charge < -0.3 is 14.2 Å². The van der Waals surface area contributed by atoms with Crippen LogP contribution in [0.5, 0.6) is 0 Å². The van der Waals surface area contributed by atoms with Crippen LogP contribution in [-0.2, 0) is 28.6 Å². The van der Waals surface area contributed by atoms with Crippen molar-refractivity contribution in [3.05, 3.63) is 122 Å². The zero-order valence-corrected chi connectivity index (χ0v) is 53.0. The molecule has 1 atom stereocenters. The third-order valence-electron chi connectivity index (χ3n) is 14.5. The van der Waals surface area contributed by atoms with E-state index < -0.39 is 6.10 Å². The molecule has 0 fully saturated rings. The Kier molecular flexibility index (Phi) is 64.8. The molecule has 0 saturated carbocycles. The molecule has 0 aliphatic rings. The molecule has 1 unspecified atom stereocenters. The summed E-state index contributed by atoms with van der Waals surface area (Å²) in [5.74, 6) is -0.912. The molecule has 0 amide bonds. The van der Waals surface area contributed by atoms with E-state index in [0.717, 1.165) is 148 Å². The molecule has 6 heteroatoms. The molecule has 81 heavy (non-hydrogen) atoms. The van der Waals surface area contributed by atoms with E-state index in [1.54, 1.807) is 0 Å². The van der Waals surface area contributed by atoms with Crippen LogP contribution in [-0.4, -0.2) is 37.2 Å². The molecular formula is C75H126O6. The lowest BCUT2D eigenvalue weighted by Crippen LogP contribution is -2.30. The first kappa shape index (κ1) is 76.8. The minimum absolute atomic E-state index is 0.0894. The van der Waals surface area contributed by atoms with E-state index in [9.17, 15) is 14.4 Å². The molecule has 0 saturated heterocycles. The molecule has 0 aromatic rings. The molecule has 0 radical (unpaired) electrons. The van der Waals surface area contributed by atoms with Crippen LogP contribution in [0.3, 0.4) is 0 Å². The minimum atomic E-state index is -0.797. The van der Waals surface area contributed by atoms with Crippen LogP contribution in [0.4, 0.5) is 0 Å². The Hall–Kier alpha value is -4.19. The third-order valence-corrected chi connectivity index (χ3v) is 14.5. The molecule has 0 aliphatic heterocycles. The van der Waals surface area contributed by atoms with Crippen molar-refractivity contribution in [3.63, 3.8) is 0 Å². The van der Waals surface area contributed by atoms with Gasteiger partial charge >= 0.3 is 17.9 Å². The van der Waals surface area contributed by atoms with Gasteiger partial charge in [-0.1, -0.05) is 303 Å². The Labute approximate surface area is 501 Å². The standard InChI is InChI=1S/C75H126O6/c1-4-7-10-13-16-19-22-25-28-31-33-34-35-36-37-38-39-40-42-44-47-50-53-56-59-62-65-68-74(77)80-71-72(70-79-73(76)67-64-61-58-55-52-49-46-43-30-27-24-21-18-15-12-9-6-3)81-75(78)69-66-63-60-57-54-51-48-45-41-32-29-26-23-20-17-14-11-8-5-2/h7,10,16-17,19-20,25-26,28-29,33-34,36-37,39-41,44-45,47,72H,4-6,8-9,11-15,18,21-24,27,30-32,35,38,42-43,46,48-71H2,1-3H3/b10-7-,19-16-,20-17-,28-25-,29-26-,34-33-,37-36-,40-39-,45-41-,47-44-. The van der Waals surface area contributed by atoms with Gasteiger partial charge in [0.05, 0.1) is 0 Å². The van der Waals surface area contributed by atoms with Gasteiger partial charge in [-0.15, -0.1) is 0 Å². The number of carbonyl (C=O) groups excluding carboxylic acids is 3. The van der Waals surface area contributed by atoms with Crippen molar-refractivity contribution < 1.29 is 28.6 Å². The topological polar surface area (TPSA) is 78.9 Å². The summed E-state index contributed by atoms with van der Waals surface area (Å²) in [4.78, 5) is 38.4. The Morgan fingerprint density at radius 2 is 0.481 bits per heavy atom. The predicted molar refractivity (Wildman–Crippen MR) is 353 cm³/mol. The summed E-state index contributed by atoms with van der Waals surface area (Å²) >= 11 is 0. The fourth-order valence-corrected chi connectivity index (χ4v) is 9.37. The van der Waals surface area contributed by atoms with Gasteiger partial charge in [0.1, 0.15) is 13.2 Å². The first-order chi connectivity index (χ1) is 40.0. The summed E-state index contributed by atoms with van der Waals surface area (Å²) in [7, 11) is 0. The second kappa shape index (κ2) is 68.3. The van der Waals surface area contributed by atoms with Gasteiger partial charge in [0.2, 0.25) is 0 Å². The van der Waals surface area contributed by atoms with Crippen molar-refractivity contribution in [1.29, 1.82) is 0 Å². The SMILES string of the molecule is CC/C=C\C/C=C\C/C=C\C/C=C\C/C=C\C/C=C\C/C=C\CCCCCCCC(=O)OCC(COC(=O)CCCCCCCCCCCCCCCCCCC)OC(=O)CCCCCCCC/C=C\C/C=C\C/C=C\CCCCC. The number of hydrogen-bond acceptors (Lipinski definition) is 6. The van der Waals surface area contributed by atoms with Crippen LogP contribution in [0.25, 0.3) is 0 Å². The molecule has 0 N–H and O–H groups in total. The number of hydrogen-bond donors (Lipinski definition) is 0. The Balaban J connectivity index is 4.43. The quantitative estimate of drug-likeness (QED) is 0.0261. The predicted octanol–water partition coefficient (Wildman–Crippen LogP) is 23.6. The number of esters is 3. The van der Waals surface area contributed by atoms with E-state index >= 15 is 0 Å². The van der Waals surface area contributed by atoms with Gasteiger partial charge in [-0.25, -0.2) is 0 Å². The lowest BCUT2D eigenvalue weighted by molar-refractivity contribution is -0.167. The van der Waals surface area contributed by atoms with Crippen molar-refractivity contribution in [2.75, 3.05) is 13.2 Å². The Bertz CT molecular complexity index is 1670. The van der Waals surface area contributed by atoms with E-state index in [1.165, 1.54) is 128 Å². The normalized spacial score (nSPS) is 12.9. The summed E-state index contributed by atoms with van der Waals surface area (Å²) in [5.41, 5.74) is 0. The fraction of sp³-hybridized carbons (Fsp3) is 0.693. The smallest absolute Gasteiger partial charge is 0.306 e. The first-order valence-corrected chi connectivity index (χ1v) is 34.0. The number of ether oxygens (including phenoxy) is 3. The van der Waals surface area contributed by atoms with E-state index in [2.05, 4.69) is 142 Å². The zero-order valence-electron chi connectivity index (χ0n) is 53.0. The molecule has 0 aliphatic carbocycles. The maximum Gasteiger partial charge on any atom is 0.306 e. The highest BCUT2D eigenvalue weighted by Gasteiger charge is 2.19. The fourth-order valence-electron chi connectivity index (χ4n) is 9.37. The van der Waals surface area contributed by atoms with Crippen LogP contribution in [0.2, 0.25) is 0 Å². The van der Waals surface area contributed by atoms with Gasteiger partial charge in [0, 0.05) is 19.3 Å². The van der Waals surface area contributed by atoms with Gasteiger partial charge in [-0.3, -0.25) is 14.4 Å². The maximum atomic E-state index is 12.9. The van der Waals surface area contributed by atoms with Crippen LogP contribution in [0.15, 0.2) is 122 Å². The monoisotopic (exact) mass is 1120 g/mol. The largest absolute Gasteiger partial charge is 0.462 e. The lowest BCUT2D eigenvalue weighted by Gasteiger charge is -2.18. The van der Waals surface area contributed by atoms with Gasteiger partial charge in [0.25, 0.3) is 0 Å². The number of allylic oxidation sites excluding steroid dienone is 20. The minimum Gasteiger partial charge on any atom is -0.462 e. The molecule has 0 aromatic carbocycles. The van der Waals surface area contributed by atoms with Crippen molar-refractivity contribution >= 4 is 17.9 Å². The summed E-state index contributed by atoms with van der Waals surface area (Å²) < 4.78 is 17.0. The van der Waals surface area contributed by atoms with Crippen LogP contribution >= 0.6 is 0 Å². The molecule has 0 spiro atoms. The second-order valence-corrected chi connectivity index (χ2v) is 22.4. The molecule has 0 heterocycles. The van der Waals surface area contributed by atoms with E-state index in [1.807, 2.05) is 0 Å². The van der Waals surface area contributed by atoms with E-state index in [0.29, 0.717) is 19.3 Å². The van der Waals surface area contributed by atoms with Crippen molar-refractivity contribution in [1.82, 2.24) is 0 Å². The first-order valence-electron chi connectivity index (χ1n) is 34.0. The molecule has 0 rings (SSSR count). The lowest BCUT2D eigenvalue weighted by atomic mass is 10.0. The van der Waals surface area contributed by atoms with Crippen molar-refractivity contribution in [3.8, 4) is 0 Å². The molecular weight excluding hydrogens is 997 g/mol. The summed E-state index contributed by atoms with van der Waals surface area (Å²) in [6.45, 7) is 6.50. The highest BCUT2D eigenvalue weighted by Crippen LogP contribution is 2.16. The van der Waals surface area contributed by atoms with E-state index in [4.69, 9.17) is 14.2 Å². The average Bonchev–Trinajstić information content (AvgIpc) is 3.47. The number of carbonyl (C=O) groups is 3. The molecule has 6 nitrogen and oxygen atoms in total. The van der Waals surface area contributed by atoms with E-state index in [-0.39, 0.29) is 31.1 Å². The third kappa shape index (κ3) is 66.5. The second-order valence-electron chi connectivity index (χ2n) is 22.4. The van der Waals surface area contributed by atoms with Crippen LogP contribution < -0.4 is 0 Å². The average molecular weight is 1120 g/mol. The van der Waals surface area contributed by atoms with Crippen molar-refractivity contribution in [2.45, 2.75) is 322 Å². The van der Waals surface area contributed by atoms with Gasteiger partial charge in [0.15, 0.2) is 6.10 Å². The van der Waals surface area contributed by atoms with Crippen LogP contribution in [0.1, 0.15) is 316 Å². The zero-order chi connectivity index (χ0) is 58.5. The summed E-state index contributed by atoms with van der Waals surface area (Å²) in [6, 6.07) is 0. The molecule has 0 bridgehead atoms. The van der Waals surface area contributed by atoms with Gasteiger partial charge in [-0.05, 0) is 116 Å². The number of rotatable bonds is 61. The van der Waals surface area contributed by atoms with Crippen LogP contribution in [0, 0.1) is 0 Å². The maximum absolute atomic E-state index is 12.9. The van der Waals surface area contributed by atoms with Gasteiger partial charge in [-0.2, -0.15) is 0 Å². The highest BCUT2D eigenvalue weighted by molar-refractivity contribution is 5.71. The summed E-state index contributed by atoms with van der Waals surface area (Å²) in [6.07, 6.45) is 94.9. The Morgan fingerprint density at radius 3 is 0.778 bits per heavy atom. The highest BCUT2D eigenvalue weighted by atomic mass is 16.6. The van der Waals surface area contributed by atoms with Crippen molar-refractivity contribution in [2.24, 2.45) is 0 Å². The molecule has 462 valence electrons. The summed E-state index contributed by atoms with van der Waals surface area (Å²) in [5, 5.41) is 0.